The Morgan fingerprint density at radius 1 is 0.964 bits per heavy atom. The lowest BCUT2D eigenvalue weighted by molar-refractivity contribution is -0.121. The fraction of sp³-hybridized carbons (Fsp3) is 0.263. The normalized spacial score (nSPS) is 14.4. The quantitative estimate of drug-likeness (QED) is 0.531. The zero-order valence-corrected chi connectivity index (χ0v) is 16.1. The molecule has 8 nitrogen and oxygen atoms in total. The van der Waals surface area contributed by atoms with Gasteiger partial charge in [0.2, 0.25) is 21.8 Å². The number of hydrogen-bond acceptors (Lipinski definition) is 6. The molecule has 0 spiro atoms. The molecule has 1 heterocycles. The number of imide groups is 1. The molecular formula is C19H20N2O6S. The highest BCUT2D eigenvalue weighted by Crippen LogP contribution is 2.26. The van der Waals surface area contributed by atoms with Gasteiger partial charge in [-0.15, -0.1) is 0 Å². The maximum atomic E-state index is 12.4. The molecular weight excluding hydrogens is 384 g/mol. The SMILES string of the molecule is COc1ccccc1OCCNS(=O)(=O)c1ccc(N2C(=O)CCC2=O)cc1. The number of amides is 2. The van der Waals surface area contributed by atoms with Crippen LogP contribution in [0.1, 0.15) is 12.8 Å². The zero-order valence-electron chi connectivity index (χ0n) is 15.3. The zero-order chi connectivity index (χ0) is 20.1. The smallest absolute Gasteiger partial charge is 0.240 e. The number of anilines is 1. The Morgan fingerprint density at radius 3 is 2.18 bits per heavy atom. The molecule has 0 radical (unpaired) electrons. The van der Waals surface area contributed by atoms with Gasteiger partial charge >= 0.3 is 0 Å². The van der Waals surface area contributed by atoms with Gasteiger partial charge < -0.3 is 9.47 Å². The summed E-state index contributed by atoms with van der Waals surface area (Å²) in [4.78, 5) is 24.6. The minimum absolute atomic E-state index is 0.0348. The van der Waals surface area contributed by atoms with Gasteiger partial charge in [-0.1, -0.05) is 12.1 Å². The van der Waals surface area contributed by atoms with Crippen molar-refractivity contribution in [2.75, 3.05) is 25.2 Å². The first-order valence-electron chi connectivity index (χ1n) is 8.64. The number of sulfonamides is 1. The third kappa shape index (κ3) is 4.32. The van der Waals surface area contributed by atoms with E-state index >= 15 is 0 Å². The Morgan fingerprint density at radius 2 is 1.57 bits per heavy atom. The van der Waals surface area contributed by atoms with E-state index in [0.717, 1.165) is 4.90 Å². The molecule has 1 saturated heterocycles. The Bertz CT molecular complexity index is 956. The molecule has 148 valence electrons. The molecule has 9 heteroatoms. The molecule has 2 amide bonds. The molecule has 0 bridgehead atoms. The van der Waals surface area contributed by atoms with Gasteiger partial charge in [0.15, 0.2) is 11.5 Å². The van der Waals surface area contributed by atoms with E-state index in [1.807, 2.05) is 0 Å². The van der Waals surface area contributed by atoms with E-state index in [1.165, 1.54) is 31.4 Å². The highest BCUT2D eigenvalue weighted by Gasteiger charge is 2.30. The Hall–Kier alpha value is -2.91. The summed E-state index contributed by atoms with van der Waals surface area (Å²) in [5, 5.41) is 0. The highest BCUT2D eigenvalue weighted by atomic mass is 32.2. The fourth-order valence-corrected chi connectivity index (χ4v) is 3.81. The third-order valence-corrected chi connectivity index (χ3v) is 5.65. The van der Waals surface area contributed by atoms with Crippen LogP contribution in [0.4, 0.5) is 5.69 Å². The van der Waals surface area contributed by atoms with Gasteiger partial charge in [-0.25, -0.2) is 13.1 Å². The fourth-order valence-electron chi connectivity index (χ4n) is 2.80. The first-order valence-corrected chi connectivity index (χ1v) is 10.1. The van der Waals surface area contributed by atoms with Crippen LogP contribution in [-0.4, -0.2) is 40.5 Å². The molecule has 0 atom stereocenters. The third-order valence-electron chi connectivity index (χ3n) is 4.18. The molecule has 2 aromatic carbocycles. The van der Waals surface area contributed by atoms with E-state index in [-0.39, 0.29) is 42.7 Å². The maximum absolute atomic E-state index is 12.4. The molecule has 3 rings (SSSR count). The number of rotatable bonds is 8. The summed E-state index contributed by atoms with van der Waals surface area (Å²) < 4.78 is 37.9. The minimum Gasteiger partial charge on any atom is -0.493 e. The number of carbonyl (C=O) groups excluding carboxylic acids is 2. The average Bonchev–Trinajstić information content (AvgIpc) is 3.04. The largest absolute Gasteiger partial charge is 0.493 e. The van der Waals surface area contributed by atoms with Crippen molar-refractivity contribution >= 4 is 27.5 Å². The van der Waals surface area contributed by atoms with Crippen molar-refractivity contribution in [2.45, 2.75) is 17.7 Å². The van der Waals surface area contributed by atoms with E-state index in [0.29, 0.717) is 17.2 Å². The van der Waals surface area contributed by atoms with Crippen molar-refractivity contribution in [1.29, 1.82) is 0 Å². The maximum Gasteiger partial charge on any atom is 0.240 e. The van der Waals surface area contributed by atoms with Crippen molar-refractivity contribution in [1.82, 2.24) is 4.72 Å². The average molecular weight is 404 g/mol. The van der Waals surface area contributed by atoms with E-state index in [1.54, 1.807) is 24.3 Å². The topological polar surface area (TPSA) is 102 Å². The number of methoxy groups -OCH3 is 1. The number of benzene rings is 2. The number of para-hydroxylation sites is 2. The summed E-state index contributed by atoms with van der Waals surface area (Å²) in [5.41, 5.74) is 0.367. The predicted octanol–water partition coefficient (Wildman–Crippen LogP) is 1.71. The van der Waals surface area contributed by atoms with Crippen molar-refractivity contribution in [3.05, 3.63) is 48.5 Å². The molecule has 1 fully saturated rings. The van der Waals surface area contributed by atoms with Crippen LogP contribution >= 0.6 is 0 Å². The molecule has 1 aliphatic rings. The highest BCUT2D eigenvalue weighted by molar-refractivity contribution is 7.89. The van der Waals surface area contributed by atoms with Gasteiger partial charge in [0, 0.05) is 19.4 Å². The van der Waals surface area contributed by atoms with Gasteiger partial charge in [-0.05, 0) is 36.4 Å². The lowest BCUT2D eigenvalue weighted by Crippen LogP contribution is -2.29. The standard InChI is InChI=1S/C19H20N2O6S/c1-26-16-4-2-3-5-17(16)27-13-12-20-28(24,25)15-8-6-14(7-9-15)21-18(22)10-11-19(21)23/h2-9,20H,10-13H2,1H3. The lowest BCUT2D eigenvalue weighted by Gasteiger charge is -2.14. The Kier molecular flexibility index (Phi) is 5.96. The van der Waals surface area contributed by atoms with E-state index in [2.05, 4.69) is 4.72 Å². The van der Waals surface area contributed by atoms with Crippen LogP contribution in [0, 0.1) is 0 Å². The van der Waals surface area contributed by atoms with Crippen LogP contribution in [0.25, 0.3) is 0 Å². The van der Waals surface area contributed by atoms with Gasteiger partial charge in [0.1, 0.15) is 6.61 Å². The summed E-state index contributed by atoms with van der Waals surface area (Å²) >= 11 is 0. The number of nitrogens with one attached hydrogen (secondary N) is 1. The molecule has 1 aliphatic heterocycles. The van der Waals surface area contributed by atoms with Crippen molar-refractivity contribution < 1.29 is 27.5 Å². The van der Waals surface area contributed by atoms with Gasteiger partial charge in [-0.3, -0.25) is 14.5 Å². The summed E-state index contributed by atoms with van der Waals surface area (Å²) in [6.45, 7) is 0.180. The van der Waals surface area contributed by atoms with Crippen LogP contribution < -0.4 is 19.1 Å². The van der Waals surface area contributed by atoms with E-state index in [4.69, 9.17) is 9.47 Å². The van der Waals surface area contributed by atoms with Gasteiger partial charge in [-0.2, -0.15) is 0 Å². The van der Waals surface area contributed by atoms with E-state index < -0.39 is 10.0 Å². The molecule has 0 aromatic heterocycles. The molecule has 0 saturated carbocycles. The molecule has 0 unspecified atom stereocenters. The number of hydrogen-bond donors (Lipinski definition) is 1. The van der Waals surface area contributed by atoms with Crippen molar-refractivity contribution in [3.8, 4) is 11.5 Å². The van der Waals surface area contributed by atoms with Crippen LogP contribution in [-0.2, 0) is 19.6 Å². The lowest BCUT2D eigenvalue weighted by atomic mass is 10.3. The molecule has 1 N–H and O–H groups in total. The second-order valence-corrected chi connectivity index (χ2v) is 7.78. The van der Waals surface area contributed by atoms with E-state index in [9.17, 15) is 18.0 Å². The van der Waals surface area contributed by atoms with Crippen LogP contribution in [0.3, 0.4) is 0 Å². The minimum atomic E-state index is -3.75. The monoisotopic (exact) mass is 404 g/mol. The number of ether oxygens (including phenoxy) is 2. The first kappa shape index (κ1) is 19.8. The summed E-state index contributed by atoms with van der Waals surface area (Å²) in [7, 11) is -2.22. The summed E-state index contributed by atoms with van der Waals surface area (Å²) in [5.74, 6) is 0.514. The number of carbonyl (C=O) groups is 2. The first-order chi connectivity index (χ1) is 13.4. The van der Waals surface area contributed by atoms with Crippen LogP contribution in [0.5, 0.6) is 11.5 Å². The van der Waals surface area contributed by atoms with Crippen LogP contribution in [0.15, 0.2) is 53.4 Å². The predicted molar refractivity (Wildman–Crippen MR) is 102 cm³/mol. The van der Waals surface area contributed by atoms with Gasteiger partial charge in [0.05, 0.1) is 17.7 Å². The summed E-state index contributed by atoms with van der Waals surface area (Å²) in [6.07, 6.45) is 0.347. The molecule has 2 aromatic rings. The van der Waals surface area contributed by atoms with Gasteiger partial charge in [0.25, 0.3) is 0 Å². The van der Waals surface area contributed by atoms with Crippen molar-refractivity contribution in [2.24, 2.45) is 0 Å². The summed E-state index contributed by atoms with van der Waals surface area (Å²) in [6, 6.07) is 12.7. The molecule has 0 aliphatic carbocycles. The molecule has 28 heavy (non-hydrogen) atoms. The van der Waals surface area contributed by atoms with Crippen LogP contribution in [0.2, 0.25) is 0 Å². The van der Waals surface area contributed by atoms with Crippen molar-refractivity contribution in [3.63, 3.8) is 0 Å². The Labute approximate surface area is 163 Å². The Balaban J connectivity index is 1.58. The second-order valence-electron chi connectivity index (χ2n) is 6.01. The number of nitrogens with zero attached hydrogens (tertiary/aromatic N) is 1. The second kappa shape index (κ2) is 8.41.